The Morgan fingerprint density at radius 1 is 1.13 bits per heavy atom. The number of anilines is 1. The first-order chi connectivity index (χ1) is 15.1. The van der Waals surface area contributed by atoms with Gasteiger partial charge >= 0.3 is 0 Å². The van der Waals surface area contributed by atoms with Crippen molar-refractivity contribution in [3.8, 4) is 23.2 Å². The molecule has 0 aliphatic carbocycles. The number of pyridine rings is 1. The van der Waals surface area contributed by atoms with Crippen LogP contribution in [0.25, 0.3) is 21.6 Å². The van der Waals surface area contributed by atoms with E-state index in [4.69, 9.17) is 15.7 Å². The van der Waals surface area contributed by atoms with Crippen LogP contribution in [0, 0.1) is 11.8 Å². The zero-order chi connectivity index (χ0) is 21.6. The molecule has 2 atom stereocenters. The number of aromatic nitrogens is 3. The molecule has 0 bridgehead atoms. The van der Waals surface area contributed by atoms with Crippen molar-refractivity contribution in [1.82, 2.24) is 15.0 Å². The molecule has 7 heteroatoms. The third-order valence-corrected chi connectivity index (χ3v) is 5.61. The molecule has 31 heavy (non-hydrogen) atoms. The van der Waals surface area contributed by atoms with Crippen molar-refractivity contribution in [3.05, 3.63) is 71.4 Å². The van der Waals surface area contributed by atoms with Gasteiger partial charge in [-0.25, -0.2) is 14.4 Å². The van der Waals surface area contributed by atoms with Crippen LogP contribution in [0.2, 0.25) is 0 Å². The molecule has 3 heterocycles. The topological polar surface area (TPSA) is 76.7 Å². The highest BCUT2D eigenvalue weighted by Crippen LogP contribution is 2.32. The second-order valence-electron chi connectivity index (χ2n) is 7.17. The lowest BCUT2D eigenvalue weighted by Crippen LogP contribution is -2.31. The number of rotatable bonds is 6. The molecule has 1 aromatic carbocycles. The van der Waals surface area contributed by atoms with E-state index in [1.165, 1.54) is 23.8 Å². The van der Waals surface area contributed by atoms with Gasteiger partial charge in [-0.3, -0.25) is 4.98 Å². The quantitative estimate of drug-likeness (QED) is 0.441. The average Bonchev–Trinajstić information content (AvgIpc) is 3.20. The summed E-state index contributed by atoms with van der Waals surface area (Å²) in [6, 6.07) is 13.8. The number of thiophene rings is 1. The van der Waals surface area contributed by atoms with Gasteiger partial charge in [0.15, 0.2) is 12.0 Å². The van der Waals surface area contributed by atoms with E-state index in [1.54, 1.807) is 12.4 Å². The molecule has 3 N–H and O–H groups in total. The van der Waals surface area contributed by atoms with Crippen molar-refractivity contribution in [3.63, 3.8) is 0 Å². The van der Waals surface area contributed by atoms with Crippen LogP contribution in [-0.4, -0.2) is 33.7 Å². The van der Waals surface area contributed by atoms with Gasteiger partial charge in [-0.2, -0.15) is 0 Å². The minimum atomic E-state index is -1.20. The fraction of sp³-hybridized carbons (Fsp3) is 0.208. The lowest BCUT2D eigenvalue weighted by Gasteiger charge is -2.14. The lowest BCUT2D eigenvalue weighted by molar-refractivity contribution is 0.443. The molecule has 2 unspecified atom stereocenters. The summed E-state index contributed by atoms with van der Waals surface area (Å²) in [7, 11) is 0. The summed E-state index contributed by atoms with van der Waals surface area (Å²) in [4.78, 5) is 13.5. The van der Waals surface area contributed by atoms with E-state index in [0.29, 0.717) is 29.3 Å². The monoisotopic (exact) mass is 431 g/mol. The number of nitrogens with two attached hydrogens (primary N) is 1. The molecule has 0 saturated heterocycles. The van der Waals surface area contributed by atoms with E-state index in [2.05, 4.69) is 34.3 Å². The van der Waals surface area contributed by atoms with E-state index >= 15 is 0 Å². The third kappa shape index (κ3) is 5.23. The highest BCUT2D eigenvalue weighted by atomic mass is 32.1. The van der Waals surface area contributed by atoms with Crippen molar-refractivity contribution in [2.24, 2.45) is 5.73 Å². The molecule has 0 spiro atoms. The Morgan fingerprint density at radius 2 is 1.90 bits per heavy atom. The van der Waals surface area contributed by atoms with Gasteiger partial charge in [0.1, 0.15) is 11.3 Å². The lowest BCUT2D eigenvalue weighted by atomic mass is 10.1. The molecular formula is C24H22FN5S. The Hall–Kier alpha value is -3.34. The van der Waals surface area contributed by atoms with Gasteiger partial charge in [-0.05, 0) is 31.0 Å². The standard InChI is InChI=1S/C24H22FN5S/c1-16(25)7-8-19-15-31-22-21(19)29-23(18-9-11-27-12-10-18)30-24(22)28-14-20(26)13-17-5-3-2-4-6-17/h2-6,9-12,15-16,20H,13-14,26H2,1H3,(H,28,29,30). The predicted molar refractivity (Wildman–Crippen MR) is 125 cm³/mol. The number of benzene rings is 1. The molecule has 0 aliphatic rings. The third-order valence-electron chi connectivity index (χ3n) is 4.63. The number of nitrogens with zero attached hydrogens (tertiary/aromatic N) is 3. The van der Waals surface area contributed by atoms with Gasteiger partial charge in [0.25, 0.3) is 0 Å². The highest BCUT2D eigenvalue weighted by molar-refractivity contribution is 7.18. The van der Waals surface area contributed by atoms with Gasteiger partial charge in [-0.1, -0.05) is 42.2 Å². The van der Waals surface area contributed by atoms with Crippen molar-refractivity contribution in [1.29, 1.82) is 0 Å². The summed E-state index contributed by atoms with van der Waals surface area (Å²) in [6.45, 7) is 1.97. The van der Waals surface area contributed by atoms with Crippen molar-refractivity contribution in [2.75, 3.05) is 11.9 Å². The van der Waals surface area contributed by atoms with Crippen molar-refractivity contribution in [2.45, 2.75) is 25.6 Å². The van der Waals surface area contributed by atoms with Crippen LogP contribution < -0.4 is 11.1 Å². The van der Waals surface area contributed by atoms with Gasteiger partial charge < -0.3 is 11.1 Å². The predicted octanol–water partition coefficient (Wildman–Crippen LogP) is 4.44. The number of nitrogens with one attached hydrogen (secondary N) is 1. The maximum atomic E-state index is 13.3. The summed E-state index contributed by atoms with van der Waals surface area (Å²) < 4.78 is 14.1. The molecule has 0 aliphatic heterocycles. The van der Waals surface area contributed by atoms with Crippen LogP contribution in [0.5, 0.6) is 0 Å². The highest BCUT2D eigenvalue weighted by Gasteiger charge is 2.15. The first-order valence-electron chi connectivity index (χ1n) is 9.99. The Bertz CT molecular complexity index is 1210. The van der Waals surface area contributed by atoms with E-state index in [9.17, 15) is 4.39 Å². The maximum Gasteiger partial charge on any atom is 0.162 e. The molecule has 0 radical (unpaired) electrons. The minimum absolute atomic E-state index is 0.0802. The number of alkyl halides is 1. The molecule has 156 valence electrons. The van der Waals surface area contributed by atoms with Crippen LogP contribution in [0.1, 0.15) is 18.1 Å². The number of hydrogen-bond donors (Lipinski definition) is 2. The van der Waals surface area contributed by atoms with Crippen LogP contribution in [-0.2, 0) is 6.42 Å². The van der Waals surface area contributed by atoms with Crippen molar-refractivity contribution >= 4 is 27.4 Å². The second-order valence-corrected chi connectivity index (χ2v) is 8.05. The van der Waals surface area contributed by atoms with Gasteiger partial charge in [-0.15, -0.1) is 11.3 Å². The number of fused-ring (bicyclic) bond motifs is 1. The minimum Gasteiger partial charge on any atom is -0.367 e. The molecule has 5 nitrogen and oxygen atoms in total. The van der Waals surface area contributed by atoms with Crippen LogP contribution >= 0.6 is 11.3 Å². The first-order valence-corrected chi connectivity index (χ1v) is 10.9. The van der Waals surface area contributed by atoms with Gasteiger partial charge in [0.2, 0.25) is 0 Å². The summed E-state index contributed by atoms with van der Waals surface area (Å²) in [5.74, 6) is 6.74. The van der Waals surface area contributed by atoms with Gasteiger partial charge in [0, 0.05) is 35.9 Å². The number of hydrogen-bond acceptors (Lipinski definition) is 6. The van der Waals surface area contributed by atoms with Gasteiger partial charge in [0.05, 0.1) is 10.3 Å². The fourth-order valence-corrected chi connectivity index (χ4v) is 4.05. The Kier molecular flexibility index (Phi) is 6.51. The molecule has 0 amide bonds. The first kappa shape index (κ1) is 20.9. The number of halogens is 1. The molecular weight excluding hydrogens is 409 g/mol. The Labute approximate surface area is 184 Å². The van der Waals surface area contributed by atoms with E-state index in [0.717, 1.165) is 16.7 Å². The molecule has 4 aromatic rings. The second kappa shape index (κ2) is 9.65. The molecule has 4 rings (SSSR count). The smallest absolute Gasteiger partial charge is 0.162 e. The molecule has 3 aromatic heterocycles. The summed E-state index contributed by atoms with van der Waals surface area (Å²) >= 11 is 1.49. The van der Waals surface area contributed by atoms with Crippen LogP contribution in [0.3, 0.4) is 0 Å². The largest absolute Gasteiger partial charge is 0.367 e. The van der Waals surface area contributed by atoms with Crippen LogP contribution in [0.15, 0.2) is 60.2 Å². The van der Waals surface area contributed by atoms with Crippen molar-refractivity contribution < 1.29 is 4.39 Å². The van der Waals surface area contributed by atoms with E-state index in [-0.39, 0.29) is 6.04 Å². The normalized spacial score (nSPS) is 12.7. The summed E-state index contributed by atoms with van der Waals surface area (Å²) in [6.07, 6.45) is 2.95. The Balaban J connectivity index is 1.65. The summed E-state index contributed by atoms with van der Waals surface area (Å²) in [5, 5.41) is 5.28. The average molecular weight is 432 g/mol. The fourth-order valence-electron chi connectivity index (χ4n) is 3.15. The molecule has 0 saturated carbocycles. The zero-order valence-corrected chi connectivity index (χ0v) is 17.9. The van der Waals surface area contributed by atoms with E-state index in [1.807, 2.05) is 35.7 Å². The molecule has 0 fully saturated rings. The SMILES string of the molecule is CC(F)C#Cc1csc2c(NCC(N)Cc3ccccc3)nc(-c3ccncc3)nc12. The zero-order valence-electron chi connectivity index (χ0n) is 17.0. The van der Waals surface area contributed by atoms with E-state index < -0.39 is 6.17 Å². The summed E-state index contributed by atoms with van der Waals surface area (Å²) in [5.41, 5.74) is 9.79. The Morgan fingerprint density at radius 3 is 2.65 bits per heavy atom. The van der Waals surface area contributed by atoms with Crippen LogP contribution in [0.4, 0.5) is 10.2 Å². The maximum absolute atomic E-state index is 13.3.